The van der Waals surface area contributed by atoms with Crippen LogP contribution in [0.4, 0.5) is 5.82 Å². The van der Waals surface area contributed by atoms with Crippen LogP contribution in [-0.2, 0) is 10.5 Å². The maximum atomic E-state index is 11.5. The Bertz CT molecular complexity index is 463. The lowest BCUT2D eigenvalue weighted by Crippen LogP contribution is -2.62. The molecular formula is C11H16BrN5O. The third-order valence-electron chi connectivity index (χ3n) is 3.37. The van der Waals surface area contributed by atoms with Crippen LogP contribution >= 0.6 is 15.9 Å². The number of halogens is 1. The van der Waals surface area contributed by atoms with E-state index in [1.807, 2.05) is 20.2 Å². The normalized spacial score (nSPS) is 20.9. The van der Waals surface area contributed by atoms with Crippen LogP contribution in [0.1, 0.15) is 5.56 Å². The number of anilines is 1. The van der Waals surface area contributed by atoms with Crippen LogP contribution < -0.4 is 21.1 Å². The number of hydrogen-bond donors (Lipinski definition) is 3. The van der Waals surface area contributed by atoms with Gasteiger partial charge < -0.3 is 4.79 Å². The predicted molar refractivity (Wildman–Crippen MR) is 73.1 cm³/mol. The smallest absolute Gasteiger partial charge is 0.150 e. The van der Waals surface area contributed by atoms with Crippen LogP contribution in [0.5, 0.6) is 0 Å². The van der Waals surface area contributed by atoms with E-state index in [2.05, 4.69) is 37.0 Å². The van der Waals surface area contributed by atoms with Crippen molar-refractivity contribution in [3.05, 3.63) is 22.3 Å². The fourth-order valence-corrected chi connectivity index (χ4v) is 2.83. The summed E-state index contributed by atoms with van der Waals surface area (Å²) in [6.07, 6.45) is 2.62. The minimum atomic E-state index is -0.656. The van der Waals surface area contributed by atoms with Gasteiger partial charge in [-0.1, -0.05) is 0 Å². The molecule has 2 heterocycles. The predicted octanol–water partition coefficient (Wildman–Crippen LogP) is -0.0424. The van der Waals surface area contributed by atoms with Crippen molar-refractivity contribution in [1.29, 1.82) is 0 Å². The van der Waals surface area contributed by atoms with Gasteiger partial charge >= 0.3 is 0 Å². The third-order valence-corrected chi connectivity index (χ3v) is 3.80. The first-order chi connectivity index (χ1) is 8.64. The van der Waals surface area contributed by atoms with Crippen LogP contribution in [0.25, 0.3) is 0 Å². The fourth-order valence-electron chi connectivity index (χ4n) is 2.50. The molecule has 1 unspecified atom stereocenters. The Hall–Kier alpha value is -1.02. The molecule has 0 aromatic carbocycles. The van der Waals surface area contributed by atoms with E-state index in [1.54, 1.807) is 18.3 Å². The van der Waals surface area contributed by atoms with Gasteiger partial charge in [0.05, 0.1) is 0 Å². The number of rotatable bonds is 4. The summed E-state index contributed by atoms with van der Waals surface area (Å²) in [4.78, 5) is 15.8. The molecule has 0 radical (unpaired) electrons. The Labute approximate surface area is 114 Å². The first-order valence-electron chi connectivity index (χ1n) is 5.60. The van der Waals surface area contributed by atoms with Crippen molar-refractivity contribution in [1.82, 2.24) is 21.0 Å². The molecule has 0 saturated carbocycles. The number of nitrogens with one attached hydrogen (secondary N) is 3. The SMILES string of the molecule is CNN1c2ncc(Br)cc2C(NC)(NC)C1C=O. The van der Waals surface area contributed by atoms with Crippen LogP contribution in [0, 0.1) is 0 Å². The van der Waals surface area contributed by atoms with Gasteiger partial charge in [0.15, 0.2) is 0 Å². The molecule has 1 aliphatic heterocycles. The van der Waals surface area contributed by atoms with E-state index in [0.717, 1.165) is 22.1 Å². The molecule has 6 nitrogen and oxygen atoms in total. The maximum absolute atomic E-state index is 11.5. The summed E-state index contributed by atoms with van der Waals surface area (Å²) in [6.45, 7) is 0. The summed E-state index contributed by atoms with van der Waals surface area (Å²) >= 11 is 3.41. The zero-order valence-corrected chi connectivity index (χ0v) is 12.1. The van der Waals surface area contributed by atoms with Gasteiger partial charge in [0, 0.05) is 23.3 Å². The molecule has 1 aromatic heterocycles. The highest BCUT2D eigenvalue weighted by Gasteiger charge is 2.50. The maximum Gasteiger partial charge on any atom is 0.150 e. The molecule has 98 valence electrons. The first-order valence-corrected chi connectivity index (χ1v) is 6.39. The summed E-state index contributed by atoms with van der Waals surface area (Å²) in [7, 11) is 5.40. The Balaban J connectivity index is 2.67. The molecule has 0 saturated heterocycles. The van der Waals surface area contributed by atoms with E-state index >= 15 is 0 Å². The number of nitrogens with zero attached hydrogens (tertiary/aromatic N) is 2. The van der Waals surface area contributed by atoms with Gasteiger partial charge in [-0.05, 0) is 36.1 Å². The van der Waals surface area contributed by atoms with Gasteiger partial charge in [-0.25, -0.2) is 10.4 Å². The topological polar surface area (TPSA) is 69.3 Å². The minimum absolute atomic E-state index is 0.422. The van der Waals surface area contributed by atoms with Gasteiger partial charge in [0.25, 0.3) is 0 Å². The minimum Gasteiger partial charge on any atom is -0.301 e. The monoisotopic (exact) mass is 313 g/mol. The number of aldehydes is 1. The second kappa shape index (κ2) is 4.93. The van der Waals surface area contributed by atoms with Crippen molar-refractivity contribution in [2.75, 3.05) is 26.2 Å². The lowest BCUT2D eigenvalue weighted by atomic mass is 9.97. The average Bonchev–Trinajstić information content (AvgIpc) is 2.67. The first kappa shape index (κ1) is 13.4. The lowest BCUT2D eigenvalue weighted by molar-refractivity contribution is -0.110. The van der Waals surface area contributed by atoms with Gasteiger partial charge in [0.2, 0.25) is 0 Å². The van der Waals surface area contributed by atoms with E-state index < -0.39 is 11.7 Å². The van der Waals surface area contributed by atoms with Crippen molar-refractivity contribution in [2.45, 2.75) is 11.7 Å². The quantitative estimate of drug-likeness (QED) is 0.535. The summed E-state index contributed by atoms with van der Waals surface area (Å²) in [6, 6.07) is 1.54. The molecule has 0 fully saturated rings. The molecule has 1 aliphatic rings. The number of hydrogen-bond acceptors (Lipinski definition) is 6. The number of hydrazine groups is 1. The second-order valence-corrected chi connectivity index (χ2v) is 4.92. The molecule has 3 N–H and O–H groups in total. The number of pyridine rings is 1. The van der Waals surface area contributed by atoms with Gasteiger partial charge in [-0.15, -0.1) is 0 Å². The highest BCUT2D eigenvalue weighted by molar-refractivity contribution is 9.10. The lowest BCUT2D eigenvalue weighted by Gasteiger charge is -2.34. The molecule has 0 aliphatic carbocycles. The van der Waals surface area contributed by atoms with E-state index in [-0.39, 0.29) is 0 Å². The largest absolute Gasteiger partial charge is 0.301 e. The molecule has 7 heteroatoms. The third kappa shape index (κ3) is 1.66. The van der Waals surface area contributed by atoms with Crippen LogP contribution in [0.2, 0.25) is 0 Å². The number of aromatic nitrogens is 1. The Kier molecular flexibility index (Phi) is 3.67. The van der Waals surface area contributed by atoms with Crippen LogP contribution in [-0.4, -0.2) is 38.5 Å². The number of carbonyl (C=O) groups is 1. The van der Waals surface area contributed by atoms with Crippen LogP contribution in [0.3, 0.4) is 0 Å². The van der Waals surface area contributed by atoms with Gasteiger partial charge in [-0.3, -0.25) is 15.6 Å². The molecule has 0 bridgehead atoms. The Morgan fingerprint density at radius 1 is 1.44 bits per heavy atom. The molecule has 0 amide bonds. The second-order valence-electron chi connectivity index (χ2n) is 4.01. The highest BCUT2D eigenvalue weighted by Crippen LogP contribution is 2.39. The van der Waals surface area contributed by atoms with Gasteiger partial charge in [-0.2, -0.15) is 0 Å². The van der Waals surface area contributed by atoms with Crippen LogP contribution in [0.15, 0.2) is 16.7 Å². The number of fused-ring (bicyclic) bond motifs is 1. The molecule has 0 spiro atoms. The zero-order valence-electron chi connectivity index (χ0n) is 10.5. The van der Waals surface area contributed by atoms with Crippen molar-refractivity contribution < 1.29 is 4.79 Å². The van der Waals surface area contributed by atoms with Crippen molar-refractivity contribution in [2.24, 2.45) is 0 Å². The van der Waals surface area contributed by atoms with Crippen molar-refractivity contribution >= 4 is 28.0 Å². The molecule has 18 heavy (non-hydrogen) atoms. The van der Waals surface area contributed by atoms with E-state index in [1.165, 1.54) is 0 Å². The summed E-state index contributed by atoms with van der Waals surface area (Å²) < 4.78 is 0.874. The van der Waals surface area contributed by atoms with E-state index in [4.69, 9.17) is 0 Å². The molecule has 1 atom stereocenters. The van der Waals surface area contributed by atoms with Crippen molar-refractivity contribution in [3.63, 3.8) is 0 Å². The summed E-state index contributed by atoms with van der Waals surface area (Å²) in [5, 5.41) is 8.13. The summed E-state index contributed by atoms with van der Waals surface area (Å²) in [5.41, 5.74) is 3.28. The zero-order chi connectivity index (χ0) is 13.3. The molecule has 2 rings (SSSR count). The fraction of sp³-hybridized carbons (Fsp3) is 0.455. The standard InChI is InChI=1S/C11H16BrN5O/c1-13-11(14-2)8-4-7(12)5-16-10(8)17(15-3)9(11)6-18/h4-6,9,13-15H,1-3H3. The summed E-state index contributed by atoms with van der Waals surface area (Å²) in [5.74, 6) is 0.738. The number of carbonyl (C=O) groups excluding carboxylic acids is 1. The molecular weight excluding hydrogens is 298 g/mol. The molecule has 1 aromatic rings. The van der Waals surface area contributed by atoms with Crippen molar-refractivity contribution in [3.8, 4) is 0 Å². The average molecular weight is 314 g/mol. The Morgan fingerprint density at radius 2 is 2.11 bits per heavy atom. The van der Waals surface area contributed by atoms with E-state index in [9.17, 15) is 4.79 Å². The number of likely N-dealkylation sites (N-methyl/N-ethyl adjacent to an activating group) is 2. The Morgan fingerprint density at radius 3 is 2.61 bits per heavy atom. The van der Waals surface area contributed by atoms with Gasteiger partial charge in [0.1, 0.15) is 23.8 Å². The van der Waals surface area contributed by atoms with E-state index in [0.29, 0.717) is 0 Å². The highest BCUT2D eigenvalue weighted by atomic mass is 79.9.